The highest BCUT2D eigenvalue weighted by Gasteiger charge is 2.15. The van der Waals surface area contributed by atoms with Crippen LogP contribution in [0.25, 0.3) is 0 Å². The van der Waals surface area contributed by atoms with E-state index in [0.717, 1.165) is 12.1 Å². The van der Waals surface area contributed by atoms with Gasteiger partial charge in [-0.25, -0.2) is 4.98 Å². The molecule has 0 amide bonds. The summed E-state index contributed by atoms with van der Waals surface area (Å²) in [6, 6.07) is 9.25. The number of benzene rings is 1. The molecule has 1 unspecified atom stereocenters. The first-order chi connectivity index (χ1) is 9.18. The van der Waals surface area contributed by atoms with Gasteiger partial charge in [-0.05, 0) is 13.8 Å². The quantitative estimate of drug-likeness (QED) is 0.759. The van der Waals surface area contributed by atoms with E-state index in [1.165, 1.54) is 4.88 Å². The monoisotopic (exact) mass is 275 g/mol. The number of hydrogen-bond donors (Lipinski definition) is 0. The SMILES string of the molecule is Cc1ncsc1CCOC(C)C(=O)c1ccccc1. The Hall–Kier alpha value is -1.52. The van der Waals surface area contributed by atoms with E-state index in [1.807, 2.05) is 42.8 Å². The molecule has 3 nitrogen and oxygen atoms in total. The standard InChI is InChI=1S/C15H17NO2S/c1-11-14(19-10-16-11)8-9-18-12(2)15(17)13-6-4-3-5-7-13/h3-7,10,12H,8-9H2,1-2H3. The fourth-order valence-corrected chi connectivity index (χ4v) is 2.57. The highest BCUT2D eigenvalue weighted by atomic mass is 32.1. The Kier molecular flexibility index (Phi) is 4.82. The van der Waals surface area contributed by atoms with Crippen LogP contribution in [0.1, 0.15) is 27.9 Å². The van der Waals surface area contributed by atoms with Crippen molar-refractivity contribution >= 4 is 17.1 Å². The minimum atomic E-state index is -0.407. The molecule has 4 heteroatoms. The number of carbonyl (C=O) groups excluding carboxylic acids is 1. The lowest BCUT2D eigenvalue weighted by molar-refractivity contribution is 0.0488. The fraction of sp³-hybridized carbons (Fsp3) is 0.333. The van der Waals surface area contributed by atoms with Crippen molar-refractivity contribution in [2.45, 2.75) is 26.4 Å². The van der Waals surface area contributed by atoms with Crippen LogP contribution in [0.15, 0.2) is 35.8 Å². The van der Waals surface area contributed by atoms with E-state index in [-0.39, 0.29) is 5.78 Å². The van der Waals surface area contributed by atoms with Gasteiger partial charge in [0, 0.05) is 16.9 Å². The van der Waals surface area contributed by atoms with Gasteiger partial charge in [0.1, 0.15) is 6.10 Å². The van der Waals surface area contributed by atoms with Crippen LogP contribution in [-0.4, -0.2) is 23.5 Å². The third kappa shape index (κ3) is 3.72. The average Bonchev–Trinajstić information content (AvgIpc) is 2.84. The van der Waals surface area contributed by atoms with Crippen LogP contribution in [0.5, 0.6) is 0 Å². The molecule has 0 aliphatic rings. The lowest BCUT2D eigenvalue weighted by Gasteiger charge is -2.11. The highest BCUT2D eigenvalue weighted by Crippen LogP contribution is 2.13. The summed E-state index contributed by atoms with van der Waals surface area (Å²) in [4.78, 5) is 17.5. The molecule has 1 atom stereocenters. The summed E-state index contributed by atoms with van der Waals surface area (Å²) in [5.41, 5.74) is 3.59. The molecule has 1 heterocycles. The zero-order chi connectivity index (χ0) is 13.7. The van der Waals surface area contributed by atoms with Gasteiger partial charge in [0.2, 0.25) is 0 Å². The Morgan fingerprint density at radius 1 is 1.37 bits per heavy atom. The Balaban J connectivity index is 1.83. The Morgan fingerprint density at radius 2 is 2.11 bits per heavy atom. The van der Waals surface area contributed by atoms with Gasteiger partial charge in [-0.3, -0.25) is 4.79 Å². The van der Waals surface area contributed by atoms with Gasteiger partial charge in [0.05, 0.1) is 17.8 Å². The molecule has 0 N–H and O–H groups in total. The molecule has 100 valence electrons. The number of ketones is 1. The van der Waals surface area contributed by atoms with Crippen LogP contribution in [-0.2, 0) is 11.2 Å². The van der Waals surface area contributed by atoms with Crippen molar-refractivity contribution in [3.8, 4) is 0 Å². The van der Waals surface area contributed by atoms with E-state index in [4.69, 9.17) is 4.74 Å². The summed E-state index contributed by atoms with van der Waals surface area (Å²) in [6.45, 7) is 4.34. The minimum Gasteiger partial charge on any atom is -0.370 e. The van der Waals surface area contributed by atoms with Crippen molar-refractivity contribution in [1.82, 2.24) is 4.98 Å². The predicted molar refractivity (Wildman–Crippen MR) is 76.7 cm³/mol. The van der Waals surface area contributed by atoms with Gasteiger partial charge in [0.15, 0.2) is 5.78 Å². The van der Waals surface area contributed by atoms with Gasteiger partial charge < -0.3 is 4.74 Å². The maximum Gasteiger partial charge on any atom is 0.191 e. The number of rotatable bonds is 6. The number of carbonyl (C=O) groups is 1. The van der Waals surface area contributed by atoms with Crippen molar-refractivity contribution in [3.63, 3.8) is 0 Å². The number of aryl methyl sites for hydroxylation is 1. The zero-order valence-electron chi connectivity index (χ0n) is 11.1. The van der Waals surface area contributed by atoms with Gasteiger partial charge in [0.25, 0.3) is 0 Å². The summed E-state index contributed by atoms with van der Waals surface area (Å²) in [5.74, 6) is 0.0293. The van der Waals surface area contributed by atoms with Crippen molar-refractivity contribution in [3.05, 3.63) is 52.0 Å². The van der Waals surface area contributed by atoms with Crippen LogP contribution < -0.4 is 0 Å². The second-order valence-corrected chi connectivity index (χ2v) is 5.29. The molecule has 0 aliphatic heterocycles. The number of Topliss-reactive ketones (excluding diaryl/α,β-unsaturated/α-hetero) is 1. The number of hydrogen-bond acceptors (Lipinski definition) is 4. The van der Waals surface area contributed by atoms with Gasteiger partial charge in [-0.2, -0.15) is 0 Å². The summed E-state index contributed by atoms with van der Waals surface area (Å²) in [6.07, 6.45) is 0.402. The third-order valence-corrected chi connectivity index (χ3v) is 3.96. The minimum absolute atomic E-state index is 0.0293. The Labute approximate surface area is 117 Å². The number of thiazole rings is 1. The third-order valence-electron chi connectivity index (χ3n) is 2.97. The second-order valence-electron chi connectivity index (χ2n) is 4.35. The first kappa shape index (κ1) is 13.9. The Bertz CT molecular complexity index is 536. The lowest BCUT2D eigenvalue weighted by atomic mass is 10.1. The van der Waals surface area contributed by atoms with E-state index < -0.39 is 6.10 Å². The van der Waals surface area contributed by atoms with Crippen molar-refractivity contribution in [1.29, 1.82) is 0 Å². The molecule has 2 aromatic rings. The van der Waals surface area contributed by atoms with Gasteiger partial charge >= 0.3 is 0 Å². The molecule has 0 aliphatic carbocycles. The molecule has 0 fully saturated rings. The summed E-state index contributed by atoms with van der Waals surface area (Å²) >= 11 is 1.63. The maximum absolute atomic E-state index is 12.1. The molecular formula is C15H17NO2S. The summed E-state index contributed by atoms with van der Waals surface area (Å²) < 4.78 is 5.62. The summed E-state index contributed by atoms with van der Waals surface area (Å²) in [7, 11) is 0. The highest BCUT2D eigenvalue weighted by molar-refractivity contribution is 7.09. The predicted octanol–water partition coefficient (Wildman–Crippen LogP) is 3.28. The lowest BCUT2D eigenvalue weighted by Crippen LogP contribution is -2.22. The number of aromatic nitrogens is 1. The molecule has 1 aromatic carbocycles. The van der Waals surface area contributed by atoms with E-state index in [9.17, 15) is 4.79 Å². The van der Waals surface area contributed by atoms with Gasteiger partial charge in [-0.1, -0.05) is 30.3 Å². The molecule has 1 aromatic heterocycles. The van der Waals surface area contributed by atoms with Crippen LogP contribution in [0, 0.1) is 6.92 Å². The van der Waals surface area contributed by atoms with E-state index in [0.29, 0.717) is 12.2 Å². The molecule has 0 saturated heterocycles. The van der Waals surface area contributed by atoms with Crippen LogP contribution >= 0.6 is 11.3 Å². The van der Waals surface area contributed by atoms with Crippen molar-refractivity contribution < 1.29 is 9.53 Å². The second kappa shape index (κ2) is 6.59. The zero-order valence-corrected chi connectivity index (χ0v) is 11.9. The van der Waals surface area contributed by atoms with Crippen LogP contribution in [0.3, 0.4) is 0 Å². The first-order valence-corrected chi connectivity index (χ1v) is 7.16. The summed E-state index contributed by atoms with van der Waals surface area (Å²) in [5, 5.41) is 0. The van der Waals surface area contributed by atoms with E-state index in [2.05, 4.69) is 4.98 Å². The van der Waals surface area contributed by atoms with Crippen LogP contribution in [0.2, 0.25) is 0 Å². The van der Waals surface area contributed by atoms with Crippen molar-refractivity contribution in [2.24, 2.45) is 0 Å². The van der Waals surface area contributed by atoms with E-state index >= 15 is 0 Å². The van der Waals surface area contributed by atoms with E-state index in [1.54, 1.807) is 18.3 Å². The topological polar surface area (TPSA) is 39.2 Å². The fourth-order valence-electron chi connectivity index (χ4n) is 1.81. The average molecular weight is 275 g/mol. The normalized spacial score (nSPS) is 12.3. The molecule has 0 saturated carbocycles. The molecule has 0 radical (unpaired) electrons. The Morgan fingerprint density at radius 3 is 2.74 bits per heavy atom. The van der Waals surface area contributed by atoms with Crippen LogP contribution in [0.4, 0.5) is 0 Å². The molecular weight excluding hydrogens is 258 g/mol. The number of ether oxygens (including phenoxy) is 1. The largest absolute Gasteiger partial charge is 0.370 e. The van der Waals surface area contributed by atoms with Crippen molar-refractivity contribution in [2.75, 3.05) is 6.61 Å². The number of nitrogens with zero attached hydrogens (tertiary/aromatic N) is 1. The van der Waals surface area contributed by atoms with Gasteiger partial charge in [-0.15, -0.1) is 11.3 Å². The maximum atomic E-state index is 12.1. The molecule has 0 bridgehead atoms. The molecule has 2 rings (SSSR count). The smallest absolute Gasteiger partial charge is 0.191 e. The first-order valence-electron chi connectivity index (χ1n) is 6.28. The molecule has 0 spiro atoms. The molecule has 19 heavy (non-hydrogen) atoms.